The second kappa shape index (κ2) is 9.13. The van der Waals surface area contributed by atoms with Gasteiger partial charge in [0, 0.05) is 32.0 Å². The van der Waals surface area contributed by atoms with Gasteiger partial charge in [-0.2, -0.15) is 4.99 Å². The summed E-state index contributed by atoms with van der Waals surface area (Å²) in [4.78, 5) is 38.1. The number of rotatable bonds is 5. The number of likely N-dealkylation sites (tertiary alicyclic amines) is 1. The van der Waals surface area contributed by atoms with E-state index in [4.69, 9.17) is 0 Å². The number of hydrogen-bond donors (Lipinski definition) is 3. The van der Waals surface area contributed by atoms with E-state index in [0.29, 0.717) is 25.2 Å². The van der Waals surface area contributed by atoms with Crippen molar-refractivity contribution in [1.29, 1.82) is 0 Å². The van der Waals surface area contributed by atoms with Crippen molar-refractivity contribution in [2.75, 3.05) is 25.6 Å². The van der Waals surface area contributed by atoms with Crippen molar-refractivity contribution in [1.82, 2.24) is 19.5 Å². The minimum atomic E-state index is -2.60. The van der Waals surface area contributed by atoms with Crippen molar-refractivity contribution < 1.29 is 18.9 Å². The monoisotopic (exact) mass is 531 g/mol. The molecule has 194 valence electrons. The Kier molecular flexibility index (Phi) is 6.39. The van der Waals surface area contributed by atoms with Crippen LogP contribution in [-0.4, -0.2) is 84.9 Å². The van der Waals surface area contributed by atoms with E-state index in [1.54, 1.807) is 35.7 Å². The van der Waals surface area contributed by atoms with Gasteiger partial charge in [-0.15, -0.1) is 11.3 Å². The Labute approximate surface area is 216 Å². The van der Waals surface area contributed by atoms with Gasteiger partial charge in [-0.25, -0.2) is 9.29 Å². The molecule has 0 aliphatic carbocycles. The van der Waals surface area contributed by atoms with Gasteiger partial charge >= 0.3 is 0 Å². The van der Waals surface area contributed by atoms with Gasteiger partial charge in [0.1, 0.15) is 11.4 Å². The average molecular weight is 532 g/mol. The summed E-state index contributed by atoms with van der Waals surface area (Å²) in [5, 5.41) is 13.8. The number of thiazole rings is 1. The van der Waals surface area contributed by atoms with Crippen LogP contribution in [0.3, 0.4) is 0 Å². The van der Waals surface area contributed by atoms with E-state index in [0.717, 1.165) is 28.1 Å². The van der Waals surface area contributed by atoms with Crippen LogP contribution in [0.2, 0.25) is 0 Å². The van der Waals surface area contributed by atoms with Gasteiger partial charge in [-0.05, 0) is 37.8 Å². The lowest BCUT2D eigenvalue weighted by Gasteiger charge is -2.35. The lowest BCUT2D eigenvalue weighted by Crippen LogP contribution is -2.54. The number of β-amino-alcohol motifs (C(OH)–C–C–N with tert-alkyl or cyclic N) is 1. The molecule has 0 bridgehead atoms. The molecule has 2 amide bonds. The zero-order chi connectivity index (χ0) is 25.8. The zero-order valence-corrected chi connectivity index (χ0v) is 22.7. The van der Waals surface area contributed by atoms with Crippen LogP contribution in [0.5, 0.6) is 0 Å². The van der Waals surface area contributed by atoms with Crippen LogP contribution in [0, 0.1) is 6.92 Å². The molecule has 36 heavy (non-hydrogen) atoms. The molecule has 4 heterocycles. The number of aromatic nitrogens is 1. The Bertz CT molecular complexity index is 1270. The van der Waals surface area contributed by atoms with Gasteiger partial charge in [-0.3, -0.25) is 13.8 Å². The molecule has 2 fully saturated rings. The van der Waals surface area contributed by atoms with Crippen LogP contribution in [0.25, 0.3) is 10.4 Å². The smallest absolute Gasteiger partial charge is 0.277 e. The summed E-state index contributed by atoms with van der Waals surface area (Å²) in [6.07, 6.45) is 4.39. The summed E-state index contributed by atoms with van der Waals surface area (Å²) in [6, 6.07) is 6.78. The highest BCUT2D eigenvalue weighted by molar-refractivity contribution is 7.99. The number of amidine groups is 1. The quantitative estimate of drug-likeness (QED) is 0.504. The minimum absolute atomic E-state index is 0.159. The molecular weight excluding hydrogens is 498 g/mol. The van der Waals surface area contributed by atoms with Crippen LogP contribution in [0.15, 0.2) is 34.8 Å². The number of amides is 2. The summed E-state index contributed by atoms with van der Waals surface area (Å²) in [5.41, 5.74) is 3.52. The number of aliphatic hydroxyl groups is 1. The van der Waals surface area contributed by atoms with Gasteiger partial charge in [0.15, 0.2) is 0 Å². The van der Waals surface area contributed by atoms with E-state index >= 15 is 0 Å². The zero-order valence-electron chi connectivity index (χ0n) is 21.0. The van der Waals surface area contributed by atoms with E-state index in [2.05, 4.69) is 15.3 Å². The van der Waals surface area contributed by atoms with E-state index in [9.17, 15) is 18.9 Å². The number of hydrogen-bond acceptors (Lipinski definition) is 7. The molecule has 4 unspecified atom stereocenters. The number of nitrogens with zero attached hydrogens (tertiary/aromatic N) is 4. The van der Waals surface area contributed by atoms with Crippen LogP contribution in [0.1, 0.15) is 37.4 Å². The summed E-state index contributed by atoms with van der Waals surface area (Å²) >= 11 is 1.57. The summed E-state index contributed by atoms with van der Waals surface area (Å²) in [5.74, 6) is -0.0922. The first-order valence-corrected chi connectivity index (χ1v) is 15.7. The van der Waals surface area contributed by atoms with E-state index < -0.39 is 33.8 Å². The number of benzene rings is 1. The molecule has 3 aliphatic heterocycles. The highest BCUT2D eigenvalue weighted by Crippen LogP contribution is 2.34. The molecule has 11 heteroatoms. The van der Waals surface area contributed by atoms with Crippen molar-refractivity contribution in [2.24, 2.45) is 4.99 Å². The van der Waals surface area contributed by atoms with Gasteiger partial charge in [0.05, 0.1) is 34.3 Å². The molecule has 2 N–H and O–H groups in total. The van der Waals surface area contributed by atoms with Gasteiger partial charge in [0.2, 0.25) is 5.91 Å². The standard InChI is InChI=1S/C25H33N5O4S2/c1-15-21(35-14-26-15)16-7-9-17(10-8-16)25(2)24(33)27-22(28-25)20-12-18(31)13-29(20)23(32)19-6-5-11-30(19)36(3,4)34/h7-10,14,18-20,31,36H,5-6,11-13H2,1-4H3,(H,27,28,33). The number of aliphatic hydroxyl groups excluding tert-OH is 1. The molecule has 0 radical (unpaired) electrons. The second-order valence-corrected chi connectivity index (χ2v) is 14.4. The first kappa shape index (κ1) is 25.2. The van der Waals surface area contributed by atoms with Crippen LogP contribution in [0.4, 0.5) is 0 Å². The van der Waals surface area contributed by atoms with Crippen LogP contribution >= 0.6 is 11.3 Å². The molecule has 1 aromatic carbocycles. The molecule has 2 aromatic rings. The van der Waals surface area contributed by atoms with Crippen molar-refractivity contribution in [3.63, 3.8) is 0 Å². The average Bonchev–Trinajstić information content (AvgIpc) is 3.60. The van der Waals surface area contributed by atoms with Crippen molar-refractivity contribution in [3.8, 4) is 10.4 Å². The Morgan fingerprint density at radius 2 is 2.00 bits per heavy atom. The molecular formula is C25H33N5O4S2. The molecule has 0 spiro atoms. The number of carbonyl (C=O) groups excluding carboxylic acids is 2. The lowest BCUT2D eigenvalue weighted by molar-refractivity contribution is -0.134. The van der Waals surface area contributed by atoms with Crippen LogP contribution in [-0.2, 0) is 25.2 Å². The summed E-state index contributed by atoms with van der Waals surface area (Å²) in [7, 11) is -2.60. The fourth-order valence-electron chi connectivity index (χ4n) is 5.53. The Morgan fingerprint density at radius 3 is 2.64 bits per heavy atom. The van der Waals surface area contributed by atoms with Crippen LogP contribution < -0.4 is 5.32 Å². The predicted octanol–water partition coefficient (Wildman–Crippen LogP) is 1.48. The topological polar surface area (TPSA) is 115 Å². The van der Waals surface area contributed by atoms with E-state index in [1.165, 1.54) is 0 Å². The molecule has 1 aromatic heterocycles. The first-order chi connectivity index (χ1) is 17.0. The molecule has 0 saturated carbocycles. The maximum absolute atomic E-state index is 13.6. The number of carbonyl (C=O) groups is 2. The largest absolute Gasteiger partial charge is 0.391 e. The first-order valence-electron chi connectivity index (χ1n) is 12.2. The fourth-order valence-corrected chi connectivity index (χ4v) is 7.85. The molecule has 3 aliphatic rings. The summed E-state index contributed by atoms with van der Waals surface area (Å²) in [6.45, 7) is 4.55. The third kappa shape index (κ3) is 4.31. The highest BCUT2D eigenvalue weighted by Gasteiger charge is 2.49. The fraction of sp³-hybridized carbons (Fsp3) is 0.520. The van der Waals surface area contributed by atoms with Gasteiger partial charge in [0.25, 0.3) is 5.91 Å². The molecule has 5 rings (SSSR count). The normalized spacial score (nSPS) is 29.5. The van der Waals surface area contributed by atoms with Gasteiger partial charge < -0.3 is 15.3 Å². The lowest BCUT2D eigenvalue weighted by atomic mass is 9.91. The maximum atomic E-state index is 13.6. The highest BCUT2D eigenvalue weighted by atomic mass is 32.3. The SMILES string of the molecule is Cc1ncsc1-c1ccc(C2(C)NC(C3CC(O)CN3C(=O)C3CCCN3[SH](C)(C)=O)=NC2=O)cc1. The third-order valence-electron chi connectivity index (χ3n) is 7.50. The van der Waals surface area contributed by atoms with Crippen molar-refractivity contribution in [3.05, 3.63) is 41.0 Å². The number of aryl methyl sites for hydroxylation is 1. The molecule has 2 saturated heterocycles. The minimum Gasteiger partial charge on any atom is -0.391 e. The van der Waals surface area contributed by atoms with Crippen molar-refractivity contribution >= 4 is 39.1 Å². The number of nitrogens with one attached hydrogen (secondary N) is 1. The van der Waals surface area contributed by atoms with E-state index in [-0.39, 0.29) is 18.4 Å². The van der Waals surface area contributed by atoms with E-state index in [1.807, 2.05) is 41.0 Å². The summed E-state index contributed by atoms with van der Waals surface area (Å²) < 4.78 is 14.6. The Hall–Kier alpha value is -2.47. The molecule has 9 nitrogen and oxygen atoms in total. The van der Waals surface area contributed by atoms with Gasteiger partial charge in [-0.1, -0.05) is 34.4 Å². The Balaban J connectivity index is 1.37. The third-order valence-corrected chi connectivity index (χ3v) is 10.2. The number of thiol groups is 1. The Morgan fingerprint density at radius 1 is 1.28 bits per heavy atom. The number of aliphatic imine (C=N–C) groups is 1. The predicted molar refractivity (Wildman–Crippen MR) is 142 cm³/mol. The maximum Gasteiger partial charge on any atom is 0.277 e. The van der Waals surface area contributed by atoms with Crippen molar-refractivity contribution in [2.45, 2.75) is 56.8 Å². The molecule has 4 atom stereocenters. The second-order valence-electron chi connectivity index (χ2n) is 10.4.